The standard InChI is InChI=1S/C24H29NO6/c1-6-13-31-25-17(2)18-11-12-22(28-4)23(14-18)30-15-19-9-7-8-10-20(19)21(16-27-3)24(26)29-5/h7-12,14,16H,6,13,15H2,1-5H3. The van der Waals surface area contributed by atoms with Crippen LogP contribution < -0.4 is 9.47 Å². The quantitative estimate of drug-likeness (QED) is 0.130. The number of rotatable bonds is 11. The summed E-state index contributed by atoms with van der Waals surface area (Å²) in [5, 5.41) is 4.13. The van der Waals surface area contributed by atoms with Gasteiger partial charge >= 0.3 is 5.97 Å². The second-order valence-corrected chi connectivity index (χ2v) is 6.58. The predicted octanol–water partition coefficient (Wildman–Crippen LogP) is 4.59. The molecule has 2 aromatic rings. The Hall–Kier alpha value is -3.48. The maximum Gasteiger partial charge on any atom is 0.341 e. The first kappa shape index (κ1) is 23.8. The lowest BCUT2D eigenvalue weighted by Crippen LogP contribution is -2.08. The highest BCUT2D eigenvalue weighted by atomic mass is 16.6. The first-order chi connectivity index (χ1) is 15.0. The maximum atomic E-state index is 12.2. The van der Waals surface area contributed by atoms with Crippen LogP contribution in [0, 0.1) is 0 Å². The van der Waals surface area contributed by atoms with Gasteiger partial charge in [0.15, 0.2) is 11.5 Å². The van der Waals surface area contributed by atoms with Crippen molar-refractivity contribution >= 4 is 17.3 Å². The molecule has 7 nitrogen and oxygen atoms in total. The molecule has 0 heterocycles. The molecule has 0 atom stereocenters. The lowest BCUT2D eigenvalue weighted by molar-refractivity contribution is -0.133. The number of oxime groups is 1. The number of carbonyl (C=O) groups excluding carboxylic acids is 1. The molecular formula is C24H29NO6. The number of methoxy groups -OCH3 is 3. The van der Waals surface area contributed by atoms with Crippen molar-refractivity contribution in [2.75, 3.05) is 27.9 Å². The second kappa shape index (κ2) is 12.3. The Balaban J connectivity index is 2.31. The summed E-state index contributed by atoms with van der Waals surface area (Å²) in [6.07, 6.45) is 2.25. The number of esters is 1. The normalized spacial score (nSPS) is 11.6. The van der Waals surface area contributed by atoms with E-state index in [9.17, 15) is 4.79 Å². The minimum atomic E-state index is -0.493. The molecule has 0 saturated carbocycles. The van der Waals surface area contributed by atoms with Gasteiger partial charge in [0.1, 0.15) is 18.8 Å². The smallest absolute Gasteiger partial charge is 0.341 e. The van der Waals surface area contributed by atoms with Crippen LogP contribution in [0.25, 0.3) is 5.57 Å². The van der Waals surface area contributed by atoms with Gasteiger partial charge in [-0.3, -0.25) is 0 Å². The summed E-state index contributed by atoms with van der Waals surface area (Å²) < 4.78 is 21.5. The molecule has 31 heavy (non-hydrogen) atoms. The average molecular weight is 427 g/mol. The van der Waals surface area contributed by atoms with E-state index in [-0.39, 0.29) is 6.61 Å². The third-order valence-corrected chi connectivity index (χ3v) is 4.41. The van der Waals surface area contributed by atoms with Crippen LogP contribution in [0.4, 0.5) is 0 Å². The number of hydrogen-bond acceptors (Lipinski definition) is 7. The molecule has 0 saturated heterocycles. The van der Waals surface area contributed by atoms with Crippen LogP contribution >= 0.6 is 0 Å². The van der Waals surface area contributed by atoms with Crippen LogP contribution in [-0.4, -0.2) is 39.6 Å². The van der Waals surface area contributed by atoms with E-state index in [1.807, 2.05) is 56.3 Å². The Morgan fingerprint density at radius 3 is 2.52 bits per heavy atom. The van der Waals surface area contributed by atoms with E-state index in [0.29, 0.717) is 29.2 Å². The zero-order valence-corrected chi connectivity index (χ0v) is 18.6. The highest BCUT2D eigenvalue weighted by molar-refractivity contribution is 6.16. The summed E-state index contributed by atoms with van der Waals surface area (Å²) in [7, 11) is 4.39. The van der Waals surface area contributed by atoms with E-state index in [1.165, 1.54) is 20.5 Å². The summed E-state index contributed by atoms with van der Waals surface area (Å²) in [6.45, 7) is 4.66. The summed E-state index contributed by atoms with van der Waals surface area (Å²) in [5.74, 6) is 0.645. The van der Waals surface area contributed by atoms with Gasteiger partial charge < -0.3 is 23.8 Å². The molecule has 2 aromatic carbocycles. The molecule has 0 fully saturated rings. The minimum absolute atomic E-state index is 0.205. The van der Waals surface area contributed by atoms with Crippen LogP contribution in [0.1, 0.15) is 37.0 Å². The molecule has 0 aliphatic carbocycles. The first-order valence-electron chi connectivity index (χ1n) is 9.93. The number of benzene rings is 2. The van der Waals surface area contributed by atoms with Crippen LogP contribution in [0.5, 0.6) is 11.5 Å². The summed E-state index contributed by atoms with van der Waals surface area (Å²) >= 11 is 0. The largest absolute Gasteiger partial charge is 0.503 e. The molecule has 0 unspecified atom stereocenters. The van der Waals surface area contributed by atoms with E-state index < -0.39 is 5.97 Å². The molecule has 0 aliphatic heterocycles. The first-order valence-corrected chi connectivity index (χ1v) is 9.93. The van der Waals surface area contributed by atoms with Crippen molar-refractivity contribution in [2.24, 2.45) is 5.16 Å². The molecule has 7 heteroatoms. The monoisotopic (exact) mass is 427 g/mol. The summed E-state index contributed by atoms with van der Waals surface area (Å²) in [6, 6.07) is 13.0. The number of nitrogens with zero attached hydrogens (tertiary/aromatic N) is 1. The lowest BCUT2D eigenvalue weighted by atomic mass is 10.0. The van der Waals surface area contributed by atoms with E-state index in [4.69, 9.17) is 23.8 Å². The van der Waals surface area contributed by atoms with Gasteiger partial charge in [-0.05, 0) is 42.7 Å². The molecule has 0 amide bonds. The molecular weight excluding hydrogens is 398 g/mol. The molecule has 0 bridgehead atoms. The van der Waals surface area contributed by atoms with Gasteiger partial charge in [-0.25, -0.2) is 4.79 Å². The number of hydrogen-bond donors (Lipinski definition) is 0. The van der Waals surface area contributed by atoms with Crippen molar-refractivity contribution in [3.63, 3.8) is 0 Å². The minimum Gasteiger partial charge on any atom is -0.503 e. The van der Waals surface area contributed by atoms with Gasteiger partial charge in [-0.15, -0.1) is 0 Å². The lowest BCUT2D eigenvalue weighted by Gasteiger charge is -2.15. The topological polar surface area (TPSA) is 75.6 Å². The zero-order valence-electron chi connectivity index (χ0n) is 18.6. The fourth-order valence-corrected chi connectivity index (χ4v) is 2.81. The molecule has 0 spiro atoms. The Morgan fingerprint density at radius 1 is 1.06 bits per heavy atom. The Kier molecular flexibility index (Phi) is 9.42. The summed E-state index contributed by atoms with van der Waals surface area (Å²) in [5.41, 5.74) is 3.35. The molecule has 0 aromatic heterocycles. The van der Waals surface area contributed by atoms with Crippen molar-refractivity contribution in [2.45, 2.75) is 26.9 Å². The van der Waals surface area contributed by atoms with Crippen LogP contribution in [0.2, 0.25) is 0 Å². The SMILES string of the molecule is CCCON=C(C)c1ccc(OC)c(OCc2ccccc2C(=COC)C(=O)OC)c1. The van der Waals surface area contributed by atoms with Gasteiger partial charge in [0.05, 0.1) is 33.3 Å². The molecule has 0 radical (unpaired) electrons. The van der Waals surface area contributed by atoms with Crippen molar-refractivity contribution in [1.29, 1.82) is 0 Å². The number of ether oxygens (including phenoxy) is 4. The molecule has 2 rings (SSSR count). The molecule has 0 N–H and O–H groups in total. The zero-order chi connectivity index (χ0) is 22.6. The predicted molar refractivity (Wildman–Crippen MR) is 119 cm³/mol. The van der Waals surface area contributed by atoms with Gasteiger partial charge in [0.25, 0.3) is 0 Å². The van der Waals surface area contributed by atoms with E-state index in [1.54, 1.807) is 7.11 Å². The Morgan fingerprint density at radius 2 is 1.84 bits per heavy atom. The van der Waals surface area contributed by atoms with Crippen molar-refractivity contribution in [3.05, 3.63) is 65.4 Å². The van der Waals surface area contributed by atoms with Crippen LogP contribution in [-0.2, 0) is 25.7 Å². The van der Waals surface area contributed by atoms with Crippen molar-refractivity contribution in [3.8, 4) is 11.5 Å². The molecule has 166 valence electrons. The Labute approximate surface area is 183 Å². The van der Waals surface area contributed by atoms with E-state index in [2.05, 4.69) is 5.16 Å². The highest BCUT2D eigenvalue weighted by Gasteiger charge is 2.17. The fourth-order valence-electron chi connectivity index (χ4n) is 2.81. The third kappa shape index (κ3) is 6.50. The van der Waals surface area contributed by atoms with E-state index in [0.717, 1.165) is 23.3 Å². The second-order valence-electron chi connectivity index (χ2n) is 6.58. The van der Waals surface area contributed by atoms with Crippen LogP contribution in [0.3, 0.4) is 0 Å². The van der Waals surface area contributed by atoms with Crippen LogP contribution in [0.15, 0.2) is 53.9 Å². The highest BCUT2D eigenvalue weighted by Crippen LogP contribution is 2.30. The average Bonchev–Trinajstić information content (AvgIpc) is 2.80. The maximum absolute atomic E-state index is 12.2. The third-order valence-electron chi connectivity index (χ3n) is 4.41. The van der Waals surface area contributed by atoms with Gasteiger partial charge in [-0.2, -0.15) is 0 Å². The van der Waals surface area contributed by atoms with Gasteiger partial charge in [0, 0.05) is 5.56 Å². The summed E-state index contributed by atoms with van der Waals surface area (Å²) in [4.78, 5) is 17.5. The van der Waals surface area contributed by atoms with Crippen molar-refractivity contribution < 1.29 is 28.6 Å². The number of carbonyl (C=O) groups is 1. The van der Waals surface area contributed by atoms with Gasteiger partial charge in [0.2, 0.25) is 0 Å². The fraction of sp³-hybridized carbons (Fsp3) is 0.333. The van der Waals surface area contributed by atoms with Crippen molar-refractivity contribution in [1.82, 2.24) is 0 Å². The molecule has 0 aliphatic rings. The Bertz CT molecular complexity index is 935. The van der Waals surface area contributed by atoms with E-state index >= 15 is 0 Å². The van der Waals surface area contributed by atoms with Gasteiger partial charge in [-0.1, -0.05) is 36.3 Å².